The van der Waals surface area contributed by atoms with Crippen molar-refractivity contribution in [1.82, 2.24) is 10.2 Å². The van der Waals surface area contributed by atoms with Crippen molar-refractivity contribution in [2.24, 2.45) is 5.41 Å². The van der Waals surface area contributed by atoms with Gasteiger partial charge in [-0.05, 0) is 62.9 Å². The minimum absolute atomic E-state index is 0.0330. The number of rotatable bonds is 5. The second-order valence-electron chi connectivity index (χ2n) is 8.37. The summed E-state index contributed by atoms with van der Waals surface area (Å²) < 4.78 is 5.24. The lowest BCUT2D eigenvalue weighted by molar-refractivity contribution is -0.132. The van der Waals surface area contributed by atoms with E-state index in [1.54, 1.807) is 12.0 Å². The Hall–Kier alpha value is -3.02. The number of carbonyl (C=O) groups is 2. The van der Waals surface area contributed by atoms with Crippen LogP contribution in [-0.4, -0.2) is 37.0 Å². The van der Waals surface area contributed by atoms with E-state index < -0.39 is 5.41 Å². The average molecular weight is 410 g/mol. The van der Waals surface area contributed by atoms with Gasteiger partial charge in [0.05, 0.1) is 12.5 Å². The number of methoxy groups -OCH3 is 1. The molecule has 0 bridgehead atoms. The van der Waals surface area contributed by atoms with Crippen LogP contribution < -0.4 is 15.4 Å². The highest BCUT2D eigenvalue weighted by atomic mass is 16.5. The van der Waals surface area contributed by atoms with Crippen LogP contribution in [0.4, 0.5) is 10.5 Å². The van der Waals surface area contributed by atoms with Crippen LogP contribution in [-0.2, 0) is 11.3 Å². The molecule has 1 saturated heterocycles. The van der Waals surface area contributed by atoms with E-state index in [-0.39, 0.29) is 11.9 Å². The van der Waals surface area contributed by atoms with E-state index in [2.05, 4.69) is 10.6 Å². The van der Waals surface area contributed by atoms with Crippen LogP contribution in [0, 0.1) is 19.3 Å². The van der Waals surface area contributed by atoms with Crippen molar-refractivity contribution < 1.29 is 14.3 Å². The quantitative estimate of drug-likeness (QED) is 0.775. The first-order chi connectivity index (χ1) is 14.3. The number of nitrogens with zero attached hydrogens (tertiary/aromatic N) is 1. The molecule has 1 aliphatic heterocycles. The zero-order chi connectivity index (χ0) is 21.7. The van der Waals surface area contributed by atoms with Gasteiger partial charge in [-0.25, -0.2) is 4.79 Å². The summed E-state index contributed by atoms with van der Waals surface area (Å²) in [5.41, 5.74) is 3.35. The molecule has 0 spiro atoms. The fraction of sp³-hybridized carbons (Fsp3) is 0.417. The monoisotopic (exact) mass is 409 g/mol. The number of urea groups is 1. The van der Waals surface area contributed by atoms with Crippen molar-refractivity contribution in [3.63, 3.8) is 0 Å². The van der Waals surface area contributed by atoms with Gasteiger partial charge in [-0.1, -0.05) is 29.8 Å². The van der Waals surface area contributed by atoms with Gasteiger partial charge >= 0.3 is 6.03 Å². The van der Waals surface area contributed by atoms with Crippen molar-refractivity contribution in [2.75, 3.05) is 25.5 Å². The summed E-state index contributed by atoms with van der Waals surface area (Å²) in [6.07, 6.45) is 1.55. The molecule has 0 unspecified atom stereocenters. The summed E-state index contributed by atoms with van der Waals surface area (Å²) >= 11 is 0. The SMILES string of the molecule is COc1cccc(CNC(=O)[C@@]2(C)CCCN(C(=O)Nc3ccc(C)cc3C)C2)c1. The number of carbonyl (C=O) groups excluding carboxylic acids is 2. The summed E-state index contributed by atoms with van der Waals surface area (Å²) in [6, 6.07) is 13.4. The Morgan fingerprint density at radius 1 is 1.17 bits per heavy atom. The van der Waals surface area contributed by atoms with Crippen LogP contribution in [0.1, 0.15) is 36.5 Å². The normalized spacial score (nSPS) is 18.6. The van der Waals surface area contributed by atoms with Gasteiger partial charge < -0.3 is 20.3 Å². The number of anilines is 1. The average Bonchev–Trinajstić information content (AvgIpc) is 2.74. The van der Waals surface area contributed by atoms with Gasteiger partial charge in [0.2, 0.25) is 5.91 Å². The Morgan fingerprint density at radius 3 is 2.70 bits per heavy atom. The van der Waals surface area contributed by atoms with Gasteiger partial charge in [-0.2, -0.15) is 0 Å². The first-order valence-corrected chi connectivity index (χ1v) is 10.4. The van der Waals surface area contributed by atoms with Gasteiger partial charge in [0.25, 0.3) is 0 Å². The zero-order valence-electron chi connectivity index (χ0n) is 18.2. The Kier molecular flexibility index (Phi) is 6.65. The second kappa shape index (κ2) is 9.20. The standard InChI is InChI=1S/C24H31N3O3/c1-17-9-10-21(18(2)13-17)26-23(29)27-12-6-11-24(3,16-27)22(28)25-15-19-7-5-8-20(14-19)30-4/h5,7-10,13-14H,6,11-12,15-16H2,1-4H3,(H,25,28)(H,26,29)/t24-/m0/s1. The Labute approximate surface area is 178 Å². The lowest BCUT2D eigenvalue weighted by atomic mass is 9.81. The second-order valence-corrected chi connectivity index (χ2v) is 8.37. The number of aryl methyl sites for hydroxylation is 2. The van der Waals surface area contributed by atoms with E-state index in [1.165, 1.54) is 0 Å². The molecule has 1 fully saturated rings. The van der Waals surface area contributed by atoms with Crippen LogP contribution in [0.2, 0.25) is 0 Å². The molecule has 2 aromatic rings. The molecule has 0 radical (unpaired) electrons. The number of benzene rings is 2. The summed E-state index contributed by atoms with van der Waals surface area (Å²) in [5.74, 6) is 0.731. The summed E-state index contributed by atoms with van der Waals surface area (Å²) in [7, 11) is 1.62. The molecule has 2 N–H and O–H groups in total. The largest absolute Gasteiger partial charge is 0.497 e. The van der Waals surface area contributed by atoms with Crippen molar-refractivity contribution in [1.29, 1.82) is 0 Å². The van der Waals surface area contributed by atoms with Gasteiger partial charge in [0.1, 0.15) is 5.75 Å². The van der Waals surface area contributed by atoms with Crippen LogP contribution >= 0.6 is 0 Å². The lowest BCUT2D eigenvalue weighted by Crippen LogP contribution is -2.52. The van der Waals surface area contributed by atoms with Crippen LogP contribution in [0.15, 0.2) is 42.5 Å². The highest BCUT2D eigenvalue weighted by Gasteiger charge is 2.39. The first kappa shape index (κ1) is 21.7. The summed E-state index contributed by atoms with van der Waals surface area (Å²) in [5, 5.41) is 6.03. The number of amides is 3. The number of hydrogen-bond donors (Lipinski definition) is 2. The van der Waals surface area contributed by atoms with Crippen LogP contribution in [0.3, 0.4) is 0 Å². The van der Waals surface area contributed by atoms with Crippen molar-refractivity contribution >= 4 is 17.6 Å². The van der Waals surface area contributed by atoms with Gasteiger partial charge in [-0.3, -0.25) is 4.79 Å². The molecule has 1 aliphatic rings. The molecule has 0 saturated carbocycles. The van der Waals surface area contributed by atoms with E-state index in [0.717, 1.165) is 41.0 Å². The van der Waals surface area contributed by atoms with E-state index >= 15 is 0 Å². The molecule has 2 aromatic carbocycles. The van der Waals surface area contributed by atoms with Crippen LogP contribution in [0.5, 0.6) is 5.75 Å². The predicted octanol–water partition coefficient (Wildman–Crippen LogP) is 4.26. The molecule has 1 heterocycles. The van der Waals surface area contributed by atoms with Gasteiger partial charge in [-0.15, -0.1) is 0 Å². The third kappa shape index (κ3) is 5.12. The molecule has 3 rings (SSSR count). The van der Waals surface area contributed by atoms with E-state index in [9.17, 15) is 9.59 Å². The molecule has 0 aliphatic carbocycles. The van der Waals surface area contributed by atoms with Gasteiger partial charge in [0, 0.05) is 25.3 Å². The molecule has 0 aromatic heterocycles. The first-order valence-electron chi connectivity index (χ1n) is 10.4. The fourth-order valence-electron chi connectivity index (χ4n) is 3.92. The minimum atomic E-state index is -0.614. The number of ether oxygens (including phenoxy) is 1. The van der Waals surface area contributed by atoms with Crippen LogP contribution in [0.25, 0.3) is 0 Å². The Balaban J connectivity index is 1.61. The van der Waals surface area contributed by atoms with Crippen molar-refractivity contribution in [3.05, 3.63) is 59.2 Å². The molecule has 6 nitrogen and oxygen atoms in total. The van der Waals surface area contributed by atoms with E-state index in [0.29, 0.717) is 19.6 Å². The Bertz CT molecular complexity index is 928. The highest BCUT2D eigenvalue weighted by molar-refractivity contribution is 5.91. The summed E-state index contributed by atoms with van der Waals surface area (Å²) in [4.78, 5) is 27.5. The Morgan fingerprint density at radius 2 is 1.97 bits per heavy atom. The molecule has 6 heteroatoms. The molecular weight excluding hydrogens is 378 g/mol. The third-order valence-corrected chi connectivity index (χ3v) is 5.74. The topological polar surface area (TPSA) is 70.7 Å². The van der Waals surface area contributed by atoms with E-state index in [4.69, 9.17) is 4.74 Å². The summed E-state index contributed by atoms with van der Waals surface area (Å²) in [6.45, 7) is 7.42. The predicted molar refractivity (Wildman–Crippen MR) is 119 cm³/mol. The molecule has 1 atom stereocenters. The molecule has 3 amide bonds. The maximum Gasteiger partial charge on any atom is 0.321 e. The zero-order valence-corrected chi connectivity index (χ0v) is 18.2. The maximum absolute atomic E-state index is 13.0. The molecular formula is C24H31N3O3. The molecule has 30 heavy (non-hydrogen) atoms. The van der Waals surface area contributed by atoms with Crippen molar-refractivity contribution in [3.8, 4) is 5.75 Å². The van der Waals surface area contributed by atoms with E-state index in [1.807, 2.05) is 63.2 Å². The highest BCUT2D eigenvalue weighted by Crippen LogP contribution is 2.30. The molecule has 160 valence electrons. The number of hydrogen-bond acceptors (Lipinski definition) is 3. The van der Waals surface area contributed by atoms with Gasteiger partial charge in [0.15, 0.2) is 0 Å². The smallest absolute Gasteiger partial charge is 0.321 e. The number of nitrogens with one attached hydrogen (secondary N) is 2. The number of likely N-dealkylation sites (tertiary alicyclic amines) is 1. The third-order valence-electron chi connectivity index (χ3n) is 5.74. The lowest BCUT2D eigenvalue weighted by Gasteiger charge is -2.39. The fourth-order valence-corrected chi connectivity index (χ4v) is 3.92. The minimum Gasteiger partial charge on any atom is -0.497 e. The maximum atomic E-state index is 13.0. The number of piperidine rings is 1. The van der Waals surface area contributed by atoms with Crippen molar-refractivity contribution in [2.45, 2.75) is 40.2 Å².